The lowest BCUT2D eigenvalue weighted by Crippen LogP contribution is -2.34. The summed E-state index contributed by atoms with van der Waals surface area (Å²) in [7, 11) is 1.62. The molecule has 1 atom stereocenters. The molecule has 2 aromatic rings. The average molecular weight is 411 g/mol. The molecule has 0 aliphatic heterocycles. The molecule has 1 heterocycles. The van der Waals surface area contributed by atoms with Crippen LogP contribution in [0.15, 0.2) is 35.7 Å². The van der Waals surface area contributed by atoms with Crippen LogP contribution in [0.25, 0.3) is 0 Å². The summed E-state index contributed by atoms with van der Waals surface area (Å²) in [5.74, 6) is -0.663. The number of methoxy groups -OCH3 is 1. The number of ether oxygens (including phenoxy) is 2. The second-order valence-corrected chi connectivity index (χ2v) is 7.11. The highest BCUT2D eigenvalue weighted by atomic mass is 35.5. The lowest BCUT2D eigenvalue weighted by molar-refractivity contribution is -0.131. The van der Waals surface area contributed by atoms with Crippen LogP contribution in [0.5, 0.6) is 0 Å². The molecule has 1 amide bonds. The highest BCUT2D eigenvalue weighted by Crippen LogP contribution is 2.24. The molecule has 0 N–H and O–H groups in total. The van der Waals surface area contributed by atoms with Crippen LogP contribution in [0.2, 0.25) is 0 Å². The molecule has 1 aromatic heterocycles. The topological polar surface area (TPSA) is 68.7 Å². The average Bonchev–Trinajstić information content (AvgIpc) is 3.16. The summed E-state index contributed by atoms with van der Waals surface area (Å²) in [6, 6.07) is 9.22. The van der Waals surface area contributed by atoms with Crippen LogP contribution in [0.4, 0.5) is 0 Å². The summed E-state index contributed by atoms with van der Waals surface area (Å²) in [5, 5.41) is 1.51. The Morgan fingerprint density at radius 3 is 2.70 bits per heavy atom. The summed E-state index contributed by atoms with van der Waals surface area (Å²) in [6.07, 6.45) is 0.677. The van der Waals surface area contributed by atoms with Crippen molar-refractivity contribution in [2.45, 2.75) is 25.3 Å². The number of halogens is 1. The largest absolute Gasteiger partial charge is 0.461 e. The second kappa shape index (κ2) is 11.0. The summed E-state index contributed by atoms with van der Waals surface area (Å²) >= 11 is 7.73. The minimum atomic E-state index is -0.779. The fourth-order valence-electron chi connectivity index (χ4n) is 2.44. The normalized spacial score (nSPS) is 11.8. The van der Waals surface area contributed by atoms with Gasteiger partial charge >= 0.3 is 5.97 Å². The van der Waals surface area contributed by atoms with Crippen LogP contribution in [0, 0.1) is 0 Å². The molecule has 1 aromatic carbocycles. The van der Waals surface area contributed by atoms with Crippen molar-refractivity contribution >= 4 is 34.8 Å². The summed E-state index contributed by atoms with van der Waals surface area (Å²) < 4.78 is 10.0. The van der Waals surface area contributed by atoms with Crippen molar-refractivity contribution in [1.82, 2.24) is 9.88 Å². The lowest BCUT2D eigenvalue weighted by atomic mass is 10.1. The number of rotatable bonds is 10. The Kier molecular flexibility index (Phi) is 8.71. The van der Waals surface area contributed by atoms with Gasteiger partial charge in [-0.1, -0.05) is 30.3 Å². The van der Waals surface area contributed by atoms with Crippen LogP contribution in [-0.2, 0) is 20.8 Å². The Hall–Kier alpha value is -1.96. The zero-order chi connectivity index (χ0) is 19.6. The Morgan fingerprint density at radius 1 is 1.30 bits per heavy atom. The third kappa shape index (κ3) is 6.30. The number of aromatic nitrogens is 1. The van der Waals surface area contributed by atoms with Crippen LogP contribution in [0.3, 0.4) is 0 Å². The molecule has 6 nitrogen and oxygen atoms in total. The van der Waals surface area contributed by atoms with Gasteiger partial charge in [-0.15, -0.1) is 22.9 Å². The van der Waals surface area contributed by atoms with Gasteiger partial charge in [-0.25, -0.2) is 9.78 Å². The van der Waals surface area contributed by atoms with E-state index >= 15 is 0 Å². The molecule has 1 unspecified atom stereocenters. The third-order valence-corrected chi connectivity index (χ3v) is 5.03. The smallest absolute Gasteiger partial charge is 0.357 e. The number of amides is 1. The third-order valence-electron chi connectivity index (χ3n) is 3.76. The molecule has 146 valence electrons. The monoisotopic (exact) mass is 410 g/mol. The quantitative estimate of drug-likeness (QED) is 0.339. The van der Waals surface area contributed by atoms with Crippen molar-refractivity contribution in [1.29, 1.82) is 0 Å². The Labute approximate surface area is 168 Å². The maximum Gasteiger partial charge on any atom is 0.357 e. The molecule has 0 saturated carbocycles. The van der Waals surface area contributed by atoms with Crippen molar-refractivity contribution in [3.8, 4) is 0 Å². The molecule has 27 heavy (non-hydrogen) atoms. The van der Waals surface area contributed by atoms with E-state index in [4.69, 9.17) is 21.1 Å². The highest BCUT2D eigenvalue weighted by Gasteiger charge is 2.25. The van der Waals surface area contributed by atoms with Crippen molar-refractivity contribution in [2.24, 2.45) is 0 Å². The predicted octanol–water partition coefficient (Wildman–Crippen LogP) is 3.67. The maximum atomic E-state index is 12.9. The van der Waals surface area contributed by atoms with Crippen LogP contribution >= 0.6 is 22.9 Å². The van der Waals surface area contributed by atoms with Gasteiger partial charge < -0.3 is 14.4 Å². The first-order valence-electron chi connectivity index (χ1n) is 8.65. The number of thiazole rings is 1. The number of carbonyl (C=O) groups is 2. The second-order valence-electron chi connectivity index (χ2n) is 5.73. The zero-order valence-electron chi connectivity index (χ0n) is 15.4. The first-order valence-corrected chi connectivity index (χ1v) is 9.96. The van der Waals surface area contributed by atoms with E-state index in [0.717, 1.165) is 5.56 Å². The van der Waals surface area contributed by atoms with Crippen LogP contribution < -0.4 is 0 Å². The molecule has 0 fully saturated rings. The number of alkyl halides is 1. The molecule has 0 spiro atoms. The lowest BCUT2D eigenvalue weighted by Gasteiger charge is -2.24. The van der Waals surface area contributed by atoms with E-state index < -0.39 is 11.3 Å². The molecule has 0 aliphatic carbocycles. The van der Waals surface area contributed by atoms with E-state index in [9.17, 15) is 9.59 Å². The van der Waals surface area contributed by atoms with Gasteiger partial charge in [0, 0.05) is 25.6 Å². The minimum absolute atomic E-state index is 0.202. The highest BCUT2D eigenvalue weighted by molar-refractivity contribution is 7.09. The molecular formula is C19H23ClN2O4S. The summed E-state index contributed by atoms with van der Waals surface area (Å²) in [4.78, 5) is 30.6. The number of esters is 1. The van der Waals surface area contributed by atoms with Crippen molar-refractivity contribution < 1.29 is 19.1 Å². The standard InChI is InChI=1S/C19H23ClN2O4S/c1-3-26-19(24)15-13-27-16(21-15)12-22(10-7-11-25-2)18(23)17(20)14-8-5-4-6-9-14/h4-6,8-9,13,17H,3,7,10-12H2,1-2H3. The van der Waals surface area contributed by atoms with Gasteiger partial charge in [-0.05, 0) is 18.9 Å². The molecule has 8 heteroatoms. The first-order chi connectivity index (χ1) is 13.1. The predicted molar refractivity (Wildman–Crippen MR) is 105 cm³/mol. The fourth-order valence-corrected chi connectivity index (χ4v) is 3.50. The van der Waals surface area contributed by atoms with Gasteiger partial charge in [0.05, 0.1) is 13.2 Å². The van der Waals surface area contributed by atoms with Crippen LogP contribution in [0.1, 0.15) is 39.8 Å². The van der Waals surface area contributed by atoms with E-state index in [0.29, 0.717) is 31.2 Å². The fraction of sp³-hybridized carbons (Fsp3) is 0.421. The van der Waals surface area contributed by atoms with Crippen molar-refractivity contribution in [2.75, 3.05) is 26.9 Å². The van der Waals surface area contributed by atoms with Gasteiger partial charge in [0.1, 0.15) is 10.4 Å². The van der Waals surface area contributed by atoms with Gasteiger partial charge in [-0.2, -0.15) is 0 Å². The molecule has 0 radical (unpaired) electrons. The number of nitrogens with zero attached hydrogens (tertiary/aromatic N) is 2. The van der Waals surface area contributed by atoms with Crippen LogP contribution in [-0.4, -0.2) is 48.6 Å². The van der Waals surface area contributed by atoms with E-state index in [1.165, 1.54) is 11.3 Å². The number of benzene rings is 1. The number of hydrogen-bond acceptors (Lipinski definition) is 6. The van der Waals surface area contributed by atoms with Crippen molar-refractivity contribution in [3.05, 3.63) is 52.0 Å². The van der Waals surface area contributed by atoms with Gasteiger partial charge in [-0.3, -0.25) is 4.79 Å². The molecule has 0 aliphatic rings. The summed E-state index contributed by atoms with van der Waals surface area (Å²) in [5.41, 5.74) is 0.999. The molecule has 2 rings (SSSR count). The van der Waals surface area contributed by atoms with Gasteiger partial charge in [0.25, 0.3) is 0 Å². The number of carbonyl (C=O) groups excluding carboxylic acids is 2. The van der Waals surface area contributed by atoms with Gasteiger partial charge in [0.2, 0.25) is 5.91 Å². The van der Waals surface area contributed by atoms with Crippen molar-refractivity contribution in [3.63, 3.8) is 0 Å². The van der Waals surface area contributed by atoms with E-state index in [-0.39, 0.29) is 18.1 Å². The van der Waals surface area contributed by atoms with E-state index in [1.54, 1.807) is 24.3 Å². The van der Waals surface area contributed by atoms with E-state index in [2.05, 4.69) is 4.98 Å². The number of hydrogen-bond donors (Lipinski definition) is 0. The Bertz CT molecular complexity index is 738. The Morgan fingerprint density at radius 2 is 2.04 bits per heavy atom. The van der Waals surface area contributed by atoms with Gasteiger partial charge in [0.15, 0.2) is 5.69 Å². The zero-order valence-corrected chi connectivity index (χ0v) is 17.0. The molecule has 0 saturated heterocycles. The van der Waals surface area contributed by atoms with E-state index in [1.807, 2.05) is 30.3 Å². The minimum Gasteiger partial charge on any atom is -0.461 e. The molecular weight excluding hydrogens is 388 g/mol. The SMILES string of the molecule is CCOC(=O)c1csc(CN(CCCOC)C(=O)C(Cl)c2ccccc2)n1. The maximum absolute atomic E-state index is 12.9. The summed E-state index contributed by atoms with van der Waals surface area (Å²) in [6.45, 7) is 3.33. The molecule has 0 bridgehead atoms. The Balaban J connectivity index is 2.11. The first kappa shape index (κ1) is 21.3.